The first kappa shape index (κ1) is 22.8. The summed E-state index contributed by atoms with van der Waals surface area (Å²) >= 11 is 0. The lowest BCUT2D eigenvalue weighted by Crippen LogP contribution is -2.51. The van der Waals surface area contributed by atoms with E-state index in [2.05, 4.69) is 47.6 Å². The summed E-state index contributed by atoms with van der Waals surface area (Å²) in [5.41, 5.74) is 3.01. The molecule has 0 atom stereocenters. The molecule has 2 fully saturated rings. The number of benzene rings is 2. The second kappa shape index (κ2) is 10.5. The third-order valence-corrected chi connectivity index (χ3v) is 6.95. The molecule has 172 valence electrons. The molecule has 2 aliphatic heterocycles. The Hall–Kier alpha value is -2.37. The molecule has 0 aromatic heterocycles. The Morgan fingerprint density at radius 1 is 1.12 bits per heavy atom. The highest BCUT2D eigenvalue weighted by atomic mass is 16.5. The van der Waals surface area contributed by atoms with E-state index in [1.54, 1.807) is 0 Å². The van der Waals surface area contributed by atoms with Gasteiger partial charge in [0.15, 0.2) is 0 Å². The fourth-order valence-corrected chi connectivity index (χ4v) is 4.96. The average molecular weight is 437 g/mol. The Morgan fingerprint density at radius 2 is 1.88 bits per heavy atom. The van der Waals surface area contributed by atoms with E-state index in [4.69, 9.17) is 9.47 Å². The maximum atomic E-state index is 13.6. The van der Waals surface area contributed by atoms with Gasteiger partial charge in [-0.1, -0.05) is 42.5 Å². The number of piperidine rings is 1. The highest BCUT2D eigenvalue weighted by Gasteiger charge is 2.41. The van der Waals surface area contributed by atoms with Gasteiger partial charge in [0.05, 0.1) is 12.0 Å². The summed E-state index contributed by atoms with van der Waals surface area (Å²) in [4.78, 5) is 15.9. The Kier molecular flexibility index (Phi) is 7.48. The molecule has 0 spiro atoms. The number of ether oxygens (including phenoxy) is 2. The highest BCUT2D eigenvalue weighted by molar-refractivity contribution is 5.83. The van der Waals surface area contributed by atoms with Crippen LogP contribution in [-0.2, 0) is 16.0 Å². The Labute approximate surface area is 192 Å². The average Bonchev–Trinajstić information content (AvgIpc) is 2.82. The third-order valence-electron chi connectivity index (χ3n) is 6.95. The number of hydrogen-bond donors (Lipinski definition) is 1. The summed E-state index contributed by atoms with van der Waals surface area (Å²) in [7, 11) is 2.15. The van der Waals surface area contributed by atoms with Gasteiger partial charge >= 0.3 is 0 Å². The summed E-state index contributed by atoms with van der Waals surface area (Å²) in [6, 6.07) is 17.0. The fraction of sp³-hybridized carbons (Fsp3) is 0.519. The van der Waals surface area contributed by atoms with Gasteiger partial charge in [0.2, 0.25) is 5.91 Å². The molecule has 32 heavy (non-hydrogen) atoms. The highest BCUT2D eigenvalue weighted by Crippen LogP contribution is 2.37. The molecule has 0 aliphatic carbocycles. The van der Waals surface area contributed by atoms with Crippen LogP contribution in [0.3, 0.4) is 0 Å². The quantitative estimate of drug-likeness (QED) is 0.703. The van der Waals surface area contributed by atoms with Crippen LogP contribution in [0.5, 0.6) is 5.75 Å². The van der Waals surface area contributed by atoms with Crippen LogP contribution >= 0.6 is 0 Å². The van der Waals surface area contributed by atoms with Gasteiger partial charge in [0.25, 0.3) is 0 Å². The molecule has 1 N–H and O–H groups in total. The van der Waals surface area contributed by atoms with Crippen LogP contribution < -0.4 is 10.1 Å². The molecule has 4 rings (SSSR count). The van der Waals surface area contributed by atoms with Gasteiger partial charge in [-0.2, -0.15) is 0 Å². The lowest BCUT2D eigenvalue weighted by molar-refractivity contribution is -0.137. The number of rotatable bonds is 7. The molecule has 5 heteroatoms. The number of amides is 1. The molecule has 2 saturated heterocycles. The predicted molar refractivity (Wildman–Crippen MR) is 128 cm³/mol. The monoisotopic (exact) mass is 436 g/mol. The summed E-state index contributed by atoms with van der Waals surface area (Å²) in [6.07, 6.45) is 4.33. The van der Waals surface area contributed by atoms with Gasteiger partial charge < -0.3 is 19.7 Å². The topological polar surface area (TPSA) is 50.8 Å². The summed E-state index contributed by atoms with van der Waals surface area (Å²) < 4.78 is 11.5. The zero-order chi connectivity index (χ0) is 22.4. The summed E-state index contributed by atoms with van der Waals surface area (Å²) in [5.74, 6) is 1.10. The van der Waals surface area contributed by atoms with Crippen molar-refractivity contribution < 1.29 is 14.3 Å². The van der Waals surface area contributed by atoms with Crippen molar-refractivity contribution in [2.75, 3.05) is 40.0 Å². The molecule has 2 aliphatic rings. The van der Waals surface area contributed by atoms with Gasteiger partial charge in [-0.15, -0.1) is 0 Å². The van der Waals surface area contributed by atoms with Gasteiger partial charge in [0, 0.05) is 24.8 Å². The molecule has 0 bridgehead atoms. The first-order valence-corrected chi connectivity index (χ1v) is 12.0. The predicted octanol–water partition coefficient (Wildman–Crippen LogP) is 4.30. The molecule has 5 nitrogen and oxygen atoms in total. The summed E-state index contributed by atoms with van der Waals surface area (Å²) in [5, 5.41) is 3.40. The van der Waals surface area contributed by atoms with Crippen molar-refractivity contribution in [2.24, 2.45) is 5.41 Å². The number of para-hydroxylation sites is 1. The second-order valence-electron chi connectivity index (χ2n) is 9.25. The number of nitrogens with zero attached hydrogens (tertiary/aromatic N) is 1. The van der Waals surface area contributed by atoms with E-state index in [-0.39, 0.29) is 11.9 Å². The van der Waals surface area contributed by atoms with E-state index in [0.717, 1.165) is 62.1 Å². The van der Waals surface area contributed by atoms with E-state index in [9.17, 15) is 4.79 Å². The maximum absolute atomic E-state index is 13.6. The minimum Gasteiger partial charge on any atom is -0.493 e. The maximum Gasteiger partial charge on any atom is 0.226 e. The Morgan fingerprint density at radius 3 is 2.62 bits per heavy atom. The fourth-order valence-electron chi connectivity index (χ4n) is 4.96. The minimum atomic E-state index is -0.403. The second-order valence-corrected chi connectivity index (χ2v) is 9.25. The molecule has 2 aromatic rings. The number of nitrogens with one attached hydrogen (secondary N) is 1. The van der Waals surface area contributed by atoms with E-state index in [1.165, 1.54) is 5.56 Å². The largest absolute Gasteiger partial charge is 0.493 e. The van der Waals surface area contributed by atoms with Crippen LogP contribution in [0.4, 0.5) is 0 Å². The standard InChI is InChI=1S/C27H36N2O3/c1-3-32-25-10-5-4-9-24(25)22-8-6-7-21(19-22)20-27(13-17-31-18-14-27)26(30)28-23-11-15-29(2)16-12-23/h4-10,19,23H,3,11-18,20H2,1-2H3,(H,28,30). The Balaban J connectivity index is 1.54. The van der Waals surface area contributed by atoms with Crippen molar-refractivity contribution in [3.05, 3.63) is 54.1 Å². The lowest BCUT2D eigenvalue weighted by Gasteiger charge is -2.38. The van der Waals surface area contributed by atoms with Crippen molar-refractivity contribution >= 4 is 5.91 Å². The van der Waals surface area contributed by atoms with Crippen molar-refractivity contribution in [3.63, 3.8) is 0 Å². The van der Waals surface area contributed by atoms with Crippen molar-refractivity contribution in [1.82, 2.24) is 10.2 Å². The van der Waals surface area contributed by atoms with Gasteiger partial charge in [-0.3, -0.25) is 4.79 Å². The molecule has 2 heterocycles. The van der Waals surface area contributed by atoms with Crippen LogP contribution in [0.1, 0.15) is 38.2 Å². The van der Waals surface area contributed by atoms with E-state index < -0.39 is 5.41 Å². The number of carbonyl (C=O) groups excluding carboxylic acids is 1. The van der Waals surface area contributed by atoms with Gasteiger partial charge in [-0.05, 0) is 76.4 Å². The molecule has 1 amide bonds. The number of carbonyl (C=O) groups is 1. The molecule has 0 radical (unpaired) electrons. The van der Waals surface area contributed by atoms with E-state index in [1.807, 2.05) is 25.1 Å². The number of likely N-dealkylation sites (tertiary alicyclic amines) is 1. The first-order chi connectivity index (χ1) is 15.6. The van der Waals surface area contributed by atoms with E-state index in [0.29, 0.717) is 19.8 Å². The van der Waals surface area contributed by atoms with Crippen LogP contribution in [-0.4, -0.2) is 56.8 Å². The molecule has 0 saturated carbocycles. The first-order valence-electron chi connectivity index (χ1n) is 12.0. The zero-order valence-corrected chi connectivity index (χ0v) is 19.4. The van der Waals surface area contributed by atoms with Crippen molar-refractivity contribution in [2.45, 2.75) is 45.1 Å². The summed E-state index contributed by atoms with van der Waals surface area (Å²) in [6.45, 7) is 6.02. The third kappa shape index (κ3) is 5.33. The van der Waals surface area contributed by atoms with Gasteiger partial charge in [0.1, 0.15) is 5.75 Å². The molecular weight excluding hydrogens is 400 g/mol. The lowest BCUT2D eigenvalue weighted by atomic mass is 9.74. The van der Waals surface area contributed by atoms with Gasteiger partial charge in [-0.25, -0.2) is 0 Å². The van der Waals surface area contributed by atoms with Crippen molar-refractivity contribution in [1.29, 1.82) is 0 Å². The van der Waals surface area contributed by atoms with Crippen LogP contribution in [0.2, 0.25) is 0 Å². The number of hydrogen-bond acceptors (Lipinski definition) is 4. The zero-order valence-electron chi connectivity index (χ0n) is 19.4. The normalized spacial score (nSPS) is 19.4. The SMILES string of the molecule is CCOc1ccccc1-c1cccc(CC2(C(=O)NC3CCN(C)CC3)CCOCC2)c1. The van der Waals surface area contributed by atoms with Crippen LogP contribution in [0.25, 0.3) is 11.1 Å². The Bertz CT molecular complexity index is 899. The van der Waals surface area contributed by atoms with Crippen molar-refractivity contribution in [3.8, 4) is 16.9 Å². The van der Waals surface area contributed by atoms with Crippen LogP contribution in [0.15, 0.2) is 48.5 Å². The minimum absolute atomic E-state index is 0.204. The molecule has 0 unspecified atom stereocenters. The van der Waals surface area contributed by atoms with Crippen LogP contribution in [0, 0.1) is 5.41 Å². The van der Waals surface area contributed by atoms with E-state index >= 15 is 0 Å². The smallest absolute Gasteiger partial charge is 0.226 e. The molecule has 2 aromatic carbocycles. The molecular formula is C27H36N2O3.